The molecule has 2 unspecified atom stereocenters. The van der Waals surface area contributed by atoms with Crippen LogP contribution in [0.25, 0.3) is 10.9 Å². The highest BCUT2D eigenvalue weighted by atomic mass is 16.5. The zero-order valence-corrected chi connectivity index (χ0v) is 29.4. The third kappa shape index (κ3) is 8.00. The summed E-state index contributed by atoms with van der Waals surface area (Å²) in [6.45, 7) is 4.84. The molecule has 1 aliphatic carbocycles. The van der Waals surface area contributed by atoms with Gasteiger partial charge in [0.15, 0.2) is 6.23 Å². The molecule has 1 amide bonds. The van der Waals surface area contributed by atoms with Crippen LogP contribution in [0, 0.1) is 17.8 Å². The van der Waals surface area contributed by atoms with Crippen molar-refractivity contribution in [2.24, 2.45) is 22.9 Å². The van der Waals surface area contributed by atoms with E-state index in [1.165, 1.54) is 0 Å². The summed E-state index contributed by atoms with van der Waals surface area (Å²) in [5, 5.41) is 37.0. The molecule has 1 saturated carbocycles. The molecule has 2 aliphatic rings. The maximum Gasteiger partial charge on any atom is 0.225 e. The second kappa shape index (κ2) is 15.9. The highest BCUT2D eigenvalue weighted by molar-refractivity contribution is 5.94. The first kappa shape index (κ1) is 35.1. The Morgan fingerprint density at radius 2 is 1.68 bits per heavy atom. The van der Waals surface area contributed by atoms with Gasteiger partial charge in [-0.05, 0) is 93.8 Å². The second-order valence-corrected chi connectivity index (χ2v) is 13.6. The third-order valence-corrected chi connectivity index (χ3v) is 9.92. The van der Waals surface area contributed by atoms with E-state index in [1.807, 2.05) is 112 Å². The number of rotatable bonds is 13. The molecule has 0 spiro atoms. The van der Waals surface area contributed by atoms with Crippen molar-refractivity contribution < 1.29 is 19.7 Å². The number of benzene rings is 3. The number of ether oxygens (including phenoxy) is 1. The van der Waals surface area contributed by atoms with Gasteiger partial charge in [0.05, 0.1) is 35.8 Å². The van der Waals surface area contributed by atoms with Crippen LogP contribution in [0.4, 0.5) is 17.5 Å². The van der Waals surface area contributed by atoms with E-state index >= 15 is 0 Å². The second-order valence-electron chi connectivity index (χ2n) is 13.6. The van der Waals surface area contributed by atoms with Crippen LogP contribution >= 0.6 is 0 Å². The van der Waals surface area contributed by atoms with Crippen LogP contribution in [0.5, 0.6) is 5.75 Å². The molecule has 1 fully saturated rings. The van der Waals surface area contributed by atoms with Gasteiger partial charge in [-0.25, -0.2) is 9.99 Å². The Balaban J connectivity index is 1.10. The summed E-state index contributed by atoms with van der Waals surface area (Å²) in [4.78, 5) is 25.7. The third-order valence-electron chi connectivity index (χ3n) is 9.92. The molecule has 0 bridgehead atoms. The first-order valence-electron chi connectivity index (χ1n) is 17.7. The number of anilines is 3. The summed E-state index contributed by atoms with van der Waals surface area (Å²) in [6.07, 6.45) is 1.93. The number of nitrogens with one attached hydrogen (secondary N) is 2. The van der Waals surface area contributed by atoms with Crippen LogP contribution in [0.1, 0.15) is 57.6 Å². The first-order valence-corrected chi connectivity index (χ1v) is 17.7. The highest BCUT2D eigenvalue weighted by Crippen LogP contribution is 2.37. The zero-order chi connectivity index (χ0) is 35.2. The van der Waals surface area contributed by atoms with E-state index in [2.05, 4.69) is 15.7 Å². The fourth-order valence-corrected chi connectivity index (χ4v) is 7.23. The Bertz CT molecular complexity index is 1760. The van der Waals surface area contributed by atoms with Crippen LogP contribution in [0.3, 0.4) is 0 Å². The molecule has 0 saturated heterocycles. The number of aliphatic hydroxyl groups is 2. The van der Waals surface area contributed by atoms with Gasteiger partial charge in [-0.1, -0.05) is 42.5 Å². The van der Waals surface area contributed by atoms with Crippen LogP contribution in [-0.4, -0.2) is 71.3 Å². The van der Waals surface area contributed by atoms with Gasteiger partial charge >= 0.3 is 0 Å². The molecule has 0 radical (unpaired) electrons. The van der Waals surface area contributed by atoms with E-state index in [1.54, 1.807) is 5.01 Å². The monoisotopic (exact) mass is 679 g/mol. The topological polar surface area (TPSA) is 135 Å². The summed E-state index contributed by atoms with van der Waals surface area (Å²) >= 11 is 0. The number of hydrazone groups is 1. The molecule has 2 heterocycles. The summed E-state index contributed by atoms with van der Waals surface area (Å²) in [6, 6.07) is 25.0. The molecule has 3 aromatic carbocycles. The lowest BCUT2D eigenvalue weighted by molar-refractivity contribution is -0.128. The molecule has 4 aromatic rings. The highest BCUT2D eigenvalue weighted by Gasteiger charge is 2.44. The summed E-state index contributed by atoms with van der Waals surface area (Å²) in [7, 11) is 3.98. The number of carbonyl (C=O) groups is 1. The Morgan fingerprint density at radius 1 is 0.980 bits per heavy atom. The average molecular weight is 680 g/mol. The molecule has 11 heteroatoms. The minimum Gasteiger partial charge on any atom is -0.494 e. The van der Waals surface area contributed by atoms with Crippen molar-refractivity contribution in [3.63, 3.8) is 0 Å². The lowest BCUT2D eigenvalue weighted by atomic mass is 9.81. The van der Waals surface area contributed by atoms with Crippen molar-refractivity contribution in [3.8, 4) is 5.75 Å². The van der Waals surface area contributed by atoms with Crippen LogP contribution in [-0.2, 0) is 4.79 Å². The number of hydrogen-bond donors (Lipinski definition) is 4. The van der Waals surface area contributed by atoms with Gasteiger partial charge in [-0.15, -0.1) is 0 Å². The van der Waals surface area contributed by atoms with E-state index < -0.39 is 24.2 Å². The number of aromatic nitrogens is 2. The number of hydrogen-bond acceptors (Lipinski definition) is 10. The largest absolute Gasteiger partial charge is 0.494 e. The molecule has 11 nitrogen and oxygen atoms in total. The van der Waals surface area contributed by atoms with Gasteiger partial charge in [0.1, 0.15) is 11.6 Å². The molecule has 1 aromatic heterocycles. The minimum absolute atomic E-state index is 0.133. The Morgan fingerprint density at radius 3 is 2.38 bits per heavy atom. The van der Waals surface area contributed by atoms with Gasteiger partial charge in [-0.3, -0.25) is 4.79 Å². The number of aliphatic hydroxyl groups excluding tert-OH is 2. The lowest BCUT2D eigenvalue weighted by Gasteiger charge is -2.32. The smallest absolute Gasteiger partial charge is 0.225 e. The standard InChI is InChI=1S/C39H49N7O4/c1-5-50-30-21-17-27(18-22-30)34(47)23-32(35-25(2)44-46(38(35)49)29-11-7-6-8-12-29)37(48)40-24-26-15-19-28(20-16-26)41-39-42-33-14-10-9-13-31(33)36(43-39)45(3)4/h6-14,17-18,21-22,26,28,32,34-35,38,47,49H,5,15-16,19-20,23-24H2,1-4H3,(H,40,48)(H,41,42,43)/t26?,28?,32?,34-,35?,38-/m1/s1. The predicted molar refractivity (Wildman–Crippen MR) is 198 cm³/mol. The Hall–Kier alpha value is -4.74. The van der Waals surface area contributed by atoms with Crippen LogP contribution < -0.4 is 25.3 Å². The SMILES string of the molecule is CCOc1ccc([C@H](O)CC(C(=O)NCC2CCC(Nc3nc(N(C)C)c4ccccc4n3)CC2)C2C(C)=NN(c3ccccc3)[C@@H]2O)cc1. The van der Waals surface area contributed by atoms with Crippen LogP contribution in [0.2, 0.25) is 0 Å². The van der Waals surface area contributed by atoms with Crippen LogP contribution in [0.15, 0.2) is 84.0 Å². The lowest BCUT2D eigenvalue weighted by Crippen LogP contribution is -2.45. The number of nitrogens with zero attached hydrogens (tertiary/aromatic N) is 5. The van der Waals surface area contributed by atoms with E-state index in [0.29, 0.717) is 36.3 Å². The van der Waals surface area contributed by atoms with Gasteiger partial charge in [-0.2, -0.15) is 10.1 Å². The molecule has 4 atom stereocenters. The van der Waals surface area contributed by atoms with E-state index in [4.69, 9.17) is 14.7 Å². The number of carbonyl (C=O) groups excluding carboxylic acids is 1. The zero-order valence-electron chi connectivity index (χ0n) is 29.4. The maximum atomic E-state index is 14.1. The van der Waals surface area contributed by atoms with Crippen molar-refractivity contribution >= 4 is 40.0 Å². The molecule has 4 N–H and O–H groups in total. The van der Waals surface area contributed by atoms with Crippen molar-refractivity contribution in [2.75, 3.05) is 42.5 Å². The fourth-order valence-electron chi connectivity index (χ4n) is 7.23. The van der Waals surface area contributed by atoms with Crippen molar-refractivity contribution in [3.05, 3.63) is 84.4 Å². The van der Waals surface area contributed by atoms with Gasteiger partial charge in [0.2, 0.25) is 11.9 Å². The first-order chi connectivity index (χ1) is 24.2. The van der Waals surface area contributed by atoms with Crippen molar-refractivity contribution in [1.29, 1.82) is 0 Å². The fraction of sp³-hybridized carbons (Fsp3) is 0.436. The van der Waals surface area contributed by atoms with Gasteiger partial charge in [0.25, 0.3) is 0 Å². The molecule has 264 valence electrons. The summed E-state index contributed by atoms with van der Waals surface area (Å²) in [5.74, 6) is 1.06. The Labute approximate surface area is 294 Å². The maximum absolute atomic E-state index is 14.1. The van der Waals surface area contributed by atoms with Gasteiger partial charge in [0, 0.05) is 37.8 Å². The predicted octanol–water partition coefficient (Wildman–Crippen LogP) is 5.75. The van der Waals surface area contributed by atoms with Crippen molar-refractivity contribution in [1.82, 2.24) is 15.3 Å². The minimum atomic E-state index is -1.05. The number of para-hydroxylation sites is 2. The van der Waals surface area contributed by atoms with Gasteiger partial charge < -0.3 is 30.5 Å². The molecular formula is C39H49N7O4. The van der Waals surface area contributed by atoms with Crippen molar-refractivity contribution in [2.45, 2.75) is 64.3 Å². The Kier molecular flexibility index (Phi) is 11.1. The average Bonchev–Trinajstić information content (AvgIpc) is 3.43. The summed E-state index contributed by atoms with van der Waals surface area (Å²) < 4.78 is 5.57. The number of fused-ring (bicyclic) bond motifs is 1. The molecule has 50 heavy (non-hydrogen) atoms. The quantitative estimate of drug-likeness (QED) is 0.139. The molecule has 6 rings (SSSR count). The molecular weight excluding hydrogens is 630 g/mol. The van der Waals surface area contributed by atoms with E-state index in [9.17, 15) is 15.0 Å². The summed E-state index contributed by atoms with van der Waals surface area (Å²) in [5.41, 5.74) is 2.99. The number of amides is 1. The van der Waals surface area contributed by atoms with E-state index in [0.717, 1.165) is 53.8 Å². The normalized spacial score (nSPS) is 21.7. The van der Waals surface area contributed by atoms with E-state index in [-0.39, 0.29) is 18.4 Å². The molecule has 1 aliphatic heterocycles.